The van der Waals surface area contributed by atoms with Crippen molar-refractivity contribution in [3.05, 3.63) is 35.1 Å². The predicted octanol–water partition coefficient (Wildman–Crippen LogP) is 3.87. The third kappa shape index (κ3) is 2.57. The Balaban J connectivity index is 1.89. The second-order valence-electron chi connectivity index (χ2n) is 4.43. The summed E-state index contributed by atoms with van der Waals surface area (Å²) in [5.74, 6) is 0.925. The van der Waals surface area contributed by atoms with E-state index in [4.69, 9.17) is 0 Å². The molecule has 0 saturated heterocycles. The standard InChI is InChI=1S/C13H17F/c1-10-5-8-13(14)12(9-10)4-2-3-11-6-7-11/h5,8-9,11H,2-4,6-7H2,1H3. The summed E-state index contributed by atoms with van der Waals surface area (Å²) in [6, 6.07) is 5.39. The van der Waals surface area contributed by atoms with Gasteiger partial charge in [-0.3, -0.25) is 0 Å². The molecule has 2 rings (SSSR count). The molecule has 0 amide bonds. The maximum absolute atomic E-state index is 13.3. The molecule has 1 aromatic carbocycles. The summed E-state index contributed by atoms with van der Waals surface area (Å²) < 4.78 is 13.3. The van der Waals surface area contributed by atoms with Gasteiger partial charge in [0.25, 0.3) is 0 Å². The molecule has 0 N–H and O–H groups in total. The minimum Gasteiger partial charge on any atom is -0.207 e. The van der Waals surface area contributed by atoms with Crippen LogP contribution in [-0.2, 0) is 6.42 Å². The van der Waals surface area contributed by atoms with Gasteiger partial charge >= 0.3 is 0 Å². The Morgan fingerprint density at radius 2 is 2.14 bits per heavy atom. The molecular formula is C13H17F. The molecule has 1 aliphatic rings. The minimum atomic E-state index is -0.0357. The Morgan fingerprint density at radius 3 is 2.86 bits per heavy atom. The zero-order valence-electron chi connectivity index (χ0n) is 8.72. The smallest absolute Gasteiger partial charge is 0.126 e. The van der Waals surface area contributed by atoms with Crippen molar-refractivity contribution in [2.45, 2.75) is 39.0 Å². The van der Waals surface area contributed by atoms with E-state index in [1.165, 1.54) is 19.3 Å². The lowest BCUT2D eigenvalue weighted by molar-refractivity contribution is 0.591. The van der Waals surface area contributed by atoms with Crippen molar-refractivity contribution >= 4 is 0 Å². The van der Waals surface area contributed by atoms with Crippen molar-refractivity contribution in [1.29, 1.82) is 0 Å². The van der Waals surface area contributed by atoms with Crippen LogP contribution in [0.25, 0.3) is 0 Å². The molecule has 0 aliphatic heterocycles. The number of benzene rings is 1. The van der Waals surface area contributed by atoms with Gasteiger partial charge in [0.2, 0.25) is 0 Å². The Labute approximate surface area is 85.1 Å². The highest BCUT2D eigenvalue weighted by Crippen LogP contribution is 2.33. The molecule has 1 heteroatoms. The van der Waals surface area contributed by atoms with Crippen LogP contribution < -0.4 is 0 Å². The Morgan fingerprint density at radius 1 is 1.36 bits per heavy atom. The first kappa shape index (κ1) is 9.70. The molecule has 1 saturated carbocycles. The van der Waals surface area contributed by atoms with Gasteiger partial charge in [-0.1, -0.05) is 37.0 Å². The van der Waals surface area contributed by atoms with Crippen LogP contribution >= 0.6 is 0 Å². The van der Waals surface area contributed by atoms with Crippen LogP contribution in [0.1, 0.15) is 36.8 Å². The molecule has 76 valence electrons. The molecule has 0 spiro atoms. The summed E-state index contributed by atoms with van der Waals surface area (Å²) in [7, 11) is 0. The molecule has 0 heterocycles. The molecule has 0 nitrogen and oxygen atoms in total. The third-order valence-electron chi connectivity index (χ3n) is 2.96. The summed E-state index contributed by atoms with van der Waals surface area (Å²) in [6.07, 6.45) is 6.13. The summed E-state index contributed by atoms with van der Waals surface area (Å²) >= 11 is 0. The molecule has 14 heavy (non-hydrogen) atoms. The maximum atomic E-state index is 13.3. The number of hydrogen-bond donors (Lipinski definition) is 0. The molecule has 0 aromatic heterocycles. The Hall–Kier alpha value is -0.850. The van der Waals surface area contributed by atoms with E-state index in [2.05, 4.69) is 0 Å². The van der Waals surface area contributed by atoms with Gasteiger partial charge in [-0.15, -0.1) is 0 Å². The normalized spacial score (nSPS) is 15.9. The van der Waals surface area contributed by atoms with Gasteiger partial charge in [-0.05, 0) is 37.3 Å². The highest BCUT2D eigenvalue weighted by atomic mass is 19.1. The first-order valence-corrected chi connectivity index (χ1v) is 5.51. The number of rotatable bonds is 4. The molecule has 0 unspecified atom stereocenters. The first-order chi connectivity index (χ1) is 6.75. The highest BCUT2D eigenvalue weighted by molar-refractivity contribution is 5.24. The van der Waals surface area contributed by atoms with E-state index in [1.54, 1.807) is 6.07 Å². The zero-order chi connectivity index (χ0) is 9.97. The van der Waals surface area contributed by atoms with Crippen LogP contribution in [0.4, 0.5) is 4.39 Å². The van der Waals surface area contributed by atoms with E-state index in [0.717, 1.165) is 29.9 Å². The second-order valence-corrected chi connectivity index (χ2v) is 4.43. The zero-order valence-corrected chi connectivity index (χ0v) is 8.72. The molecule has 1 aliphatic carbocycles. The number of halogens is 1. The average molecular weight is 192 g/mol. The molecule has 0 bridgehead atoms. The van der Waals surface area contributed by atoms with Crippen molar-refractivity contribution in [2.75, 3.05) is 0 Å². The molecular weight excluding hydrogens is 175 g/mol. The van der Waals surface area contributed by atoms with Crippen molar-refractivity contribution in [3.63, 3.8) is 0 Å². The predicted molar refractivity (Wildman–Crippen MR) is 56.8 cm³/mol. The summed E-state index contributed by atoms with van der Waals surface area (Å²) in [4.78, 5) is 0. The van der Waals surface area contributed by atoms with Crippen LogP contribution in [-0.4, -0.2) is 0 Å². The minimum absolute atomic E-state index is 0.0357. The van der Waals surface area contributed by atoms with E-state index in [1.807, 2.05) is 19.1 Å². The number of aryl methyl sites for hydroxylation is 2. The van der Waals surface area contributed by atoms with Crippen molar-refractivity contribution < 1.29 is 4.39 Å². The Kier molecular flexibility index (Phi) is 2.85. The largest absolute Gasteiger partial charge is 0.207 e. The van der Waals surface area contributed by atoms with Crippen LogP contribution in [0.3, 0.4) is 0 Å². The fourth-order valence-electron chi connectivity index (χ4n) is 1.88. The van der Waals surface area contributed by atoms with Gasteiger partial charge < -0.3 is 0 Å². The van der Waals surface area contributed by atoms with Gasteiger partial charge in [0.15, 0.2) is 0 Å². The van der Waals surface area contributed by atoms with E-state index in [0.29, 0.717) is 0 Å². The molecule has 0 radical (unpaired) electrons. The Bertz CT molecular complexity index is 313. The van der Waals surface area contributed by atoms with Crippen LogP contribution in [0.15, 0.2) is 18.2 Å². The monoisotopic (exact) mass is 192 g/mol. The SMILES string of the molecule is Cc1ccc(F)c(CCCC2CC2)c1. The van der Waals surface area contributed by atoms with E-state index < -0.39 is 0 Å². The molecule has 1 aromatic rings. The summed E-state index contributed by atoms with van der Waals surface area (Å²) in [5.41, 5.74) is 2.05. The van der Waals surface area contributed by atoms with Gasteiger partial charge in [0.05, 0.1) is 0 Å². The fraction of sp³-hybridized carbons (Fsp3) is 0.538. The average Bonchev–Trinajstić information content (AvgIpc) is 2.95. The van der Waals surface area contributed by atoms with Crippen LogP contribution in [0.5, 0.6) is 0 Å². The lowest BCUT2D eigenvalue weighted by atomic mass is 10.0. The van der Waals surface area contributed by atoms with Crippen LogP contribution in [0, 0.1) is 18.7 Å². The topological polar surface area (TPSA) is 0 Å². The van der Waals surface area contributed by atoms with E-state index >= 15 is 0 Å². The van der Waals surface area contributed by atoms with Crippen molar-refractivity contribution in [2.24, 2.45) is 5.92 Å². The highest BCUT2D eigenvalue weighted by Gasteiger charge is 2.20. The van der Waals surface area contributed by atoms with Gasteiger partial charge in [0.1, 0.15) is 5.82 Å². The summed E-state index contributed by atoms with van der Waals surface area (Å²) in [6.45, 7) is 2.02. The fourth-order valence-corrected chi connectivity index (χ4v) is 1.88. The summed E-state index contributed by atoms with van der Waals surface area (Å²) in [5, 5.41) is 0. The molecule has 0 atom stereocenters. The quantitative estimate of drug-likeness (QED) is 0.679. The van der Waals surface area contributed by atoms with Gasteiger partial charge in [-0.25, -0.2) is 4.39 Å². The van der Waals surface area contributed by atoms with Crippen LogP contribution in [0.2, 0.25) is 0 Å². The van der Waals surface area contributed by atoms with Gasteiger partial charge in [-0.2, -0.15) is 0 Å². The molecule has 1 fully saturated rings. The lowest BCUT2D eigenvalue weighted by Crippen LogP contribution is -1.92. The van der Waals surface area contributed by atoms with E-state index in [9.17, 15) is 4.39 Å². The third-order valence-corrected chi connectivity index (χ3v) is 2.96. The lowest BCUT2D eigenvalue weighted by Gasteiger charge is -2.03. The number of hydrogen-bond acceptors (Lipinski definition) is 0. The van der Waals surface area contributed by atoms with Gasteiger partial charge in [0, 0.05) is 0 Å². The van der Waals surface area contributed by atoms with Crippen molar-refractivity contribution in [3.8, 4) is 0 Å². The van der Waals surface area contributed by atoms with Crippen molar-refractivity contribution in [1.82, 2.24) is 0 Å². The van der Waals surface area contributed by atoms with E-state index in [-0.39, 0.29) is 5.82 Å². The second kappa shape index (κ2) is 4.12. The first-order valence-electron chi connectivity index (χ1n) is 5.51. The maximum Gasteiger partial charge on any atom is 0.126 e.